The third-order valence-corrected chi connectivity index (χ3v) is 12.3. The molecule has 53 heavy (non-hydrogen) atoms. The number of rotatable bonds is 8. The van der Waals surface area contributed by atoms with Crippen LogP contribution in [-0.2, 0) is 4.74 Å². The van der Waals surface area contributed by atoms with E-state index in [1.165, 1.54) is 31.4 Å². The van der Waals surface area contributed by atoms with Crippen LogP contribution in [0.25, 0.3) is 32.9 Å². The molecule has 4 N–H and O–H groups in total. The van der Waals surface area contributed by atoms with Crippen LogP contribution in [0, 0.1) is 23.0 Å². The molecule has 13 heteroatoms. The Morgan fingerprint density at radius 3 is 2.64 bits per heavy atom. The number of halogens is 2. The summed E-state index contributed by atoms with van der Waals surface area (Å²) in [5, 5.41) is 22.4. The summed E-state index contributed by atoms with van der Waals surface area (Å²) in [6.07, 6.45) is 7.51. The Kier molecular flexibility index (Phi) is 9.15. The lowest BCUT2D eigenvalue weighted by Gasteiger charge is -2.55. The number of β-amino-alcohol motifs (C(OH)–C–C–N with tert-alkyl or cyclic N) is 1. The molecule has 2 saturated heterocycles. The molecule has 4 aliphatic rings. The van der Waals surface area contributed by atoms with Crippen LogP contribution < -0.4 is 20.1 Å². The fourth-order valence-electron chi connectivity index (χ4n) is 9.51. The number of likely N-dealkylation sites (tertiary alicyclic amines) is 1. The average Bonchev–Trinajstić information content (AvgIpc) is 3.43. The lowest BCUT2D eigenvalue weighted by atomic mass is 9.67. The predicted molar refractivity (Wildman–Crippen MR) is 198 cm³/mol. The number of ether oxygens (including phenoxy) is 3. The second-order valence-corrected chi connectivity index (χ2v) is 16.7. The fraction of sp³-hybridized carbons (Fsp3) is 0.575. The summed E-state index contributed by atoms with van der Waals surface area (Å²) in [4.78, 5) is 18.7. The van der Waals surface area contributed by atoms with Crippen LogP contribution in [-0.4, -0.2) is 99.9 Å². The number of piperidine rings is 1. The number of hydrogen-bond acceptors (Lipinski definition) is 11. The van der Waals surface area contributed by atoms with Gasteiger partial charge in [-0.25, -0.2) is 13.8 Å². The van der Waals surface area contributed by atoms with Gasteiger partial charge in [-0.2, -0.15) is 9.97 Å². The lowest BCUT2D eigenvalue weighted by molar-refractivity contribution is -0.0616. The molecule has 4 aromatic rings. The van der Waals surface area contributed by atoms with Crippen molar-refractivity contribution >= 4 is 27.5 Å². The molecule has 0 bridgehead atoms. The van der Waals surface area contributed by atoms with Crippen LogP contribution in [0.4, 0.5) is 14.6 Å². The van der Waals surface area contributed by atoms with Gasteiger partial charge in [0.2, 0.25) is 5.88 Å². The first-order valence-electron chi connectivity index (χ1n) is 18.9. The summed E-state index contributed by atoms with van der Waals surface area (Å²) in [6, 6.07) is 8.02. The van der Waals surface area contributed by atoms with Crippen molar-refractivity contribution in [3.8, 4) is 28.9 Å². The van der Waals surface area contributed by atoms with Crippen molar-refractivity contribution in [2.45, 2.75) is 88.9 Å². The number of anilines is 1. The van der Waals surface area contributed by atoms with Gasteiger partial charge in [0.1, 0.15) is 39.6 Å². The summed E-state index contributed by atoms with van der Waals surface area (Å²) in [5.74, 6) is -0.802. The summed E-state index contributed by atoms with van der Waals surface area (Å²) in [5.41, 5.74) is 4.65. The highest BCUT2D eigenvalue weighted by Gasteiger charge is 2.52. The Bertz CT molecular complexity index is 2040. The summed E-state index contributed by atoms with van der Waals surface area (Å²) in [7, 11) is 1.41. The molecule has 2 saturated carbocycles. The number of aromatic hydroxyl groups is 1. The highest BCUT2D eigenvalue weighted by atomic mass is 19.1. The van der Waals surface area contributed by atoms with Gasteiger partial charge in [-0.3, -0.25) is 4.90 Å². The minimum atomic E-state index is -1.23. The number of methoxy groups -OCH3 is 1. The average molecular weight is 733 g/mol. The molecule has 3 atom stereocenters. The van der Waals surface area contributed by atoms with Crippen LogP contribution in [0.2, 0.25) is 0 Å². The maximum absolute atomic E-state index is 17.2. The van der Waals surface area contributed by atoms with Gasteiger partial charge >= 0.3 is 6.01 Å². The molecule has 4 fully saturated rings. The Labute approximate surface area is 308 Å². The van der Waals surface area contributed by atoms with Crippen molar-refractivity contribution in [2.24, 2.45) is 17.1 Å². The summed E-state index contributed by atoms with van der Waals surface area (Å²) < 4.78 is 50.6. The van der Waals surface area contributed by atoms with E-state index in [-0.39, 0.29) is 75.1 Å². The molecule has 2 aliphatic heterocycles. The van der Waals surface area contributed by atoms with Crippen molar-refractivity contribution in [3.05, 3.63) is 42.0 Å². The van der Waals surface area contributed by atoms with Crippen molar-refractivity contribution in [1.82, 2.24) is 19.9 Å². The standard InChI is InChI=1S/C40H50F2N6O5/c1-38(2,43)24-17-25(18-24)48-13-7-12-40(11-6-10-29(40)48)22-53-37-45-34-31(35(46-37)47-14-15-52-21-39(3,50)20-47)36(51-4)44-33(32(34)42)27-19-26(49)16-23-8-5-9-28(41)30(23)27/h5,8-9,16,19,24-25,29,49-50H,6-7,10-15,17-18,20-22,43H2,1-4H3/t24?,25?,29-,39+,40-/m1/s1. The third-order valence-electron chi connectivity index (χ3n) is 12.3. The minimum Gasteiger partial charge on any atom is -0.508 e. The number of phenols is 1. The van der Waals surface area contributed by atoms with Gasteiger partial charge in [0.05, 0.1) is 33.5 Å². The summed E-state index contributed by atoms with van der Waals surface area (Å²) in [6.45, 7) is 8.25. The first kappa shape index (κ1) is 36.1. The number of aromatic nitrogens is 3. The van der Waals surface area contributed by atoms with Gasteiger partial charge in [-0.1, -0.05) is 18.6 Å². The van der Waals surface area contributed by atoms with E-state index in [2.05, 4.69) is 23.7 Å². The zero-order valence-corrected chi connectivity index (χ0v) is 31.0. The van der Waals surface area contributed by atoms with E-state index >= 15 is 8.78 Å². The number of benzene rings is 2. The van der Waals surface area contributed by atoms with E-state index in [0.29, 0.717) is 43.1 Å². The minimum absolute atomic E-state index is 0.00639. The fourth-order valence-corrected chi connectivity index (χ4v) is 9.51. The second-order valence-electron chi connectivity index (χ2n) is 16.7. The number of aliphatic hydroxyl groups is 1. The molecular formula is C40H50F2N6O5. The van der Waals surface area contributed by atoms with Gasteiger partial charge in [0, 0.05) is 40.5 Å². The van der Waals surface area contributed by atoms with Crippen LogP contribution in [0.15, 0.2) is 30.3 Å². The van der Waals surface area contributed by atoms with Gasteiger partial charge < -0.3 is 35.1 Å². The van der Waals surface area contributed by atoms with E-state index in [1.807, 2.05) is 4.90 Å². The van der Waals surface area contributed by atoms with Gasteiger partial charge in [-0.15, -0.1) is 0 Å². The van der Waals surface area contributed by atoms with Crippen molar-refractivity contribution in [3.63, 3.8) is 0 Å². The molecule has 2 aliphatic carbocycles. The molecule has 284 valence electrons. The molecule has 4 heterocycles. The third kappa shape index (κ3) is 6.53. The zero-order valence-electron chi connectivity index (χ0n) is 31.0. The second kappa shape index (κ2) is 13.4. The van der Waals surface area contributed by atoms with Crippen LogP contribution in [0.5, 0.6) is 17.6 Å². The molecular weight excluding hydrogens is 682 g/mol. The topological polar surface area (TPSA) is 139 Å². The van der Waals surface area contributed by atoms with E-state index < -0.39 is 17.2 Å². The first-order valence-corrected chi connectivity index (χ1v) is 18.9. The van der Waals surface area contributed by atoms with Crippen LogP contribution >= 0.6 is 0 Å². The summed E-state index contributed by atoms with van der Waals surface area (Å²) >= 11 is 0. The maximum atomic E-state index is 17.2. The highest BCUT2D eigenvalue weighted by molar-refractivity contribution is 6.02. The Morgan fingerprint density at radius 2 is 1.87 bits per heavy atom. The van der Waals surface area contributed by atoms with E-state index in [0.717, 1.165) is 51.5 Å². The first-order chi connectivity index (χ1) is 25.3. The van der Waals surface area contributed by atoms with Crippen molar-refractivity contribution < 1.29 is 33.2 Å². The molecule has 11 nitrogen and oxygen atoms in total. The number of nitrogens with two attached hydrogens (primary N) is 1. The van der Waals surface area contributed by atoms with E-state index in [4.69, 9.17) is 29.9 Å². The number of hydrogen-bond donors (Lipinski definition) is 3. The van der Waals surface area contributed by atoms with Gasteiger partial charge in [-0.05, 0) is 95.3 Å². The number of pyridine rings is 1. The number of phenolic OH excluding ortho intramolecular Hbond substituents is 1. The van der Waals surface area contributed by atoms with Gasteiger partial charge in [0.15, 0.2) is 5.82 Å². The Hall–Kier alpha value is -3.91. The monoisotopic (exact) mass is 732 g/mol. The number of fused-ring (bicyclic) bond motifs is 3. The quantitative estimate of drug-likeness (QED) is 0.198. The van der Waals surface area contributed by atoms with Gasteiger partial charge in [0.25, 0.3) is 0 Å². The number of nitrogens with zero attached hydrogens (tertiary/aromatic N) is 5. The largest absolute Gasteiger partial charge is 0.508 e. The Balaban J connectivity index is 1.22. The van der Waals surface area contributed by atoms with Crippen molar-refractivity contribution in [1.29, 1.82) is 0 Å². The molecule has 2 aromatic heterocycles. The van der Waals surface area contributed by atoms with Crippen LogP contribution in [0.1, 0.15) is 65.7 Å². The maximum Gasteiger partial charge on any atom is 0.319 e. The predicted octanol–water partition coefficient (Wildman–Crippen LogP) is 5.95. The lowest BCUT2D eigenvalue weighted by Crippen LogP contribution is -2.61. The molecule has 2 aromatic carbocycles. The highest BCUT2D eigenvalue weighted by Crippen LogP contribution is 2.52. The normalized spacial score (nSPS) is 28.2. The molecule has 0 radical (unpaired) electrons. The smallest absolute Gasteiger partial charge is 0.319 e. The Morgan fingerprint density at radius 1 is 1.08 bits per heavy atom. The molecule has 0 spiro atoms. The van der Waals surface area contributed by atoms with Crippen LogP contribution in [0.3, 0.4) is 0 Å². The SMILES string of the molecule is COc1nc(-c2cc(O)cc3cccc(F)c23)c(F)c2nc(OC[C@]34CCC[C@H]3N(C3CC(C(C)(C)N)C3)CCC4)nc(N3CCOC[C@@](C)(O)C3)c12. The zero-order chi connectivity index (χ0) is 37.3. The molecule has 8 rings (SSSR count). The van der Waals surface area contributed by atoms with E-state index in [1.54, 1.807) is 13.0 Å². The van der Waals surface area contributed by atoms with Crippen molar-refractivity contribution in [2.75, 3.05) is 51.5 Å². The molecule has 0 amide bonds. The molecule has 0 unspecified atom stereocenters. The van der Waals surface area contributed by atoms with E-state index in [9.17, 15) is 10.2 Å².